The highest BCUT2D eigenvalue weighted by Crippen LogP contribution is 2.43. The fourth-order valence-electron chi connectivity index (χ4n) is 4.24. The fraction of sp³-hybridized carbons (Fsp3) is 0.250. The van der Waals surface area contributed by atoms with Crippen LogP contribution in [0.1, 0.15) is 51.6 Å². The van der Waals surface area contributed by atoms with Crippen LogP contribution in [0.15, 0.2) is 40.4 Å². The van der Waals surface area contributed by atoms with E-state index in [-0.39, 0.29) is 34.1 Å². The van der Waals surface area contributed by atoms with Crippen LogP contribution in [0.25, 0.3) is 5.76 Å². The van der Waals surface area contributed by atoms with Gasteiger partial charge in [0.1, 0.15) is 23.0 Å². The summed E-state index contributed by atoms with van der Waals surface area (Å²) >= 11 is 0. The Labute approximate surface area is 194 Å². The lowest BCUT2D eigenvalue weighted by Gasteiger charge is -2.23. The molecule has 1 saturated heterocycles. The Kier molecular flexibility index (Phi) is 5.82. The van der Waals surface area contributed by atoms with E-state index in [1.807, 2.05) is 0 Å². The van der Waals surface area contributed by atoms with Gasteiger partial charge in [0.2, 0.25) is 0 Å². The van der Waals surface area contributed by atoms with Crippen LogP contribution in [-0.2, 0) is 9.59 Å². The van der Waals surface area contributed by atoms with Crippen molar-refractivity contribution in [2.75, 3.05) is 11.4 Å². The van der Waals surface area contributed by atoms with Gasteiger partial charge in [0.25, 0.3) is 11.7 Å². The molecule has 9 nitrogen and oxygen atoms in total. The molecule has 1 unspecified atom stereocenters. The van der Waals surface area contributed by atoms with E-state index < -0.39 is 29.3 Å². The molecule has 10 heteroatoms. The number of rotatable bonds is 5. The molecule has 4 rings (SSSR count). The molecule has 1 aliphatic heterocycles. The summed E-state index contributed by atoms with van der Waals surface area (Å²) in [5, 5.41) is 17.9. The number of H-pyrrole nitrogens is 1. The molecule has 0 bridgehead atoms. The topological polar surface area (TPSA) is 129 Å². The Morgan fingerprint density at radius 1 is 1.26 bits per heavy atom. The van der Waals surface area contributed by atoms with Crippen LogP contribution in [0.4, 0.5) is 10.2 Å². The van der Waals surface area contributed by atoms with Gasteiger partial charge < -0.3 is 19.9 Å². The monoisotopic (exact) mass is 466 g/mol. The van der Waals surface area contributed by atoms with Crippen molar-refractivity contribution in [2.24, 2.45) is 0 Å². The first kappa shape index (κ1) is 23.0. The minimum Gasteiger partial charge on any atom is -0.507 e. The number of aromatic amines is 1. The van der Waals surface area contributed by atoms with E-state index in [0.717, 1.165) is 4.90 Å². The number of hydrogen-bond donors (Lipinski definition) is 3. The van der Waals surface area contributed by atoms with Crippen LogP contribution in [0.3, 0.4) is 0 Å². The molecule has 176 valence electrons. The number of hydrogen-bond acceptors (Lipinski definition) is 6. The van der Waals surface area contributed by atoms with Crippen molar-refractivity contribution in [1.29, 1.82) is 0 Å². The zero-order chi connectivity index (χ0) is 24.7. The number of Topliss-reactive ketones (excluding diaryl/α,β-unsaturated/α-hetero) is 1. The highest BCUT2D eigenvalue weighted by molar-refractivity contribution is 6.51. The van der Waals surface area contributed by atoms with Crippen molar-refractivity contribution < 1.29 is 28.4 Å². The van der Waals surface area contributed by atoms with E-state index in [9.17, 15) is 23.9 Å². The average molecular weight is 466 g/mol. The number of aromatic nitrogens is 2. The fourth-order valence-corrected chi connectivity index (χ4v) is 4.24. The Hall–Kier alpha value is -4.21. The minimum atomic E-state index is -1.16. The lowest BCUT2D eigenvalue weighted by molar-refractivity contribution is -0.132. The number of aliphatic hydroxyl groups excluding tert-OH is 1. The molecule has 3 heterocycles. The van der Waals surface area contributed by atoms with E-state index in [1.165, 1.54) is 24.3 Å². The summed E-state index contributed by atoms with van der Waals surface area (Å²) in [5.41, 5.74) is 1.29. The summed E-state index contributed by atoms with van der Waals surface area (Å²) in [6.45, 7) is 7.06. The Morgan fingerprint density at radius 2 is 2.00 bits per heavy atom. The number of aryl methyl sites for hydroxylation is 2. The van der Waals surface area contributed by atoms with E-state index in [1.54, 1.807) is 33.8 Å². The zero-order valence-corrected chi connectivity index (χ0v) is 19.0. The number of carbonyl (C=O) groups is 3. The largest absolute Gasteiger partial charge is 0.507 e. The molecule has 2 aromatic heterocycles. The lowest BCUT2D eigenvalue weighted by atomic mass is 9.94. The van der Waals surface area contributed by atoms with Gasteiger partial charge in [-0.1, -0.05) is 17.3 Å². The first-order chi connectivity index (χ1) is 16.1. The summed E-state index contributed by atoms with van der Waals surface area (Å²) in [6, 6.07) is 5.71. The number of anilines is 1. The summed E-state index contributed by atoms with van der Waals surface area (Å²) in [4.78, 5) is 42.7. The molecule has 0 spiro atoms. The predicted molar refractivity (Wildman–Crippen MR) is 121 cm³/mol. The van der Waals surface area contributed by atoms with Crippen LogP contribution in [0, 0.1) is 26.6 Å². The van der Waals surface area contributed by atoms with Crippen LogP contribution in [0.5, 0.6) is 0 Å². The molecule has 1 aromatic carbocycles. The maximum absolute atomic E-state index is 14.1. The second-order valence-corrected chi connectivity index (χ2v) is 8.00. The SMILES string of the molecule is CCNC(=O)c1[nH]c(C)c(/C(O)=C2\C(=O)C(=O)N(c3cc(C)on3)C2c2cccc(F)c2)c1C. The number of ketones is 1. The van der Waals surface area contributed by atoms with Crippen molar-refractivity contribution in [1.82, 2.24) is 15.5 Å². The Bertz CT molecular complexity index is 1350. The second kappa shape index (κ2) is 8.62. The molecule has 3 aromatic rings. The first-order valence-electron chi connectivity index (χ1n) is 10.6. The van der Waals surface area contributed by atoms with Crippen LogP contribution in [-0.4, -0.2) is 39.4 Å². The molecule has 0 saturated carbocycles. The molecule has 0 aliphatic carbocycles. The summed E-state index contributed by atoms with van der Waals surface area (Å²) in [6.07, 6.45) is 0. The average Bonchev–Trinajstić information content (AvgIpc) is 3.42. The van der Waals surface area contributed by atoms with Crippen LogP contribution < -0.4 is 10.2 Å². The third kappa shape index (κ3) is 3.66. The Morgan fingerprint density at radius 3 is 2.62 bits per heavy atom. The molecule has 34 heavy (non-hydrogen) atoms. The van der Waals surface area contributed by atoms with Crippen LogP contribution >= 0.6 is 0 Å². The van der Waals surface area contributed by atoms with E-state index in [0.29, 0.717) is 23.6 Å². The van der Waals surface area contributed by atoms with Crippen LogP contribution in [0.2, 0.25) is 0 Å². The molecule has 0 radical (unpaired) electrons. The smallest absolute Gasteiger partial charge is 0.301 e. The van der Waals surface area contributed by atoms with E-state index >= 15 is 0 Å². The van der Waals surface area contributed by atoms with Gasteiger partial charge in [-0.15, -0.1) is 0 Å². The van der Waals surface area contributed by atoms with Gasteiger partial charge in [-0.3, -0.25) is 19.3 Å². The predicted octanol–water partition coefficient (Wildman–Crippen LogP) is 3.44. The van der Waals surface area contributed by atoms with Gasteiger partial charge in [-0.2, -0.15) is 0 Å². The number of benzene rings is 1. The molecule has 1 fully saturated rings. The van der Waals surface area contributed by atoms with E-state index in [2.05, 4.69) is 15.5 Å². The summed E-state index contributed by atoms with van der Waals surface area (Å²) in [5.74, 6) is -2.88. The molecule has 1 atom stereocenters. The number of carbonyl (C=O) groups excluding carboxylic acids is 3. The third-order valence-corrected chi connectivity index (χ3v) is 5.71. The van der Waals surface area contributed by atoms with Crippen molar-refractivity contribution in [2.45, 2.75) is 33.7 Å². The number of halogens is 1. The standard InChI is InChI=1S/C24H23FN4O5/c1-5-26-23(32)19-12(3)17(13(4)27-19)21(30)18-20(14-7-6-8-15(25)10-14)29(24(33)22(18)31)16-9-11(2)34-28-16/h6-10,20,27,30H,5H2,1-4H3,(H,26,32)/b21-18+. The van der Waals surface area contributed by atoms with Crippen molar-refractivity contribution in [3.05, 3.63) is 75.6 Å². The van der Waals surface area contributed by atoms with Crippen molar-refractivity contribution in [3.8, 4) is 0 Å². The molecule has 3 N–H and O–H groups in total. The number of aliphatic hydroxyl groups is 1. The highest BCUT2D eigenvalue weighted by atomic mass is 19.1. The maximum atomic E-state index is 14.1. The van der Waals surface area contributed by atoms with Crippen molar-refractivity contribution >= 4 is 29.2 Å². The molecule has 1 aliphatic rings. The van der Waals surface area contributed by atoms with Gasteiger partial charge in [0, 0.05) is 23.9 Å². The zero-order valence-electron chi connectivity index (χ0n) is 19.0. The van der Waals surface area contributed by atoms with E-state index in [4.69, 9.17) is 4.52 Å². The second-order valence-electron chi connectivity index (χ2n) is 8.00. The van der Waals surface area contributed by atoms with Gasteiger partial charge in [-0.25, -0.2) is 4.39 Å². The normalized spacial score (nSPS) is 17.4. The number of nitrogens with zero attached hydrogens (tertiary/aromatic N) is 2. The first-order valence-corrected chi connectivity index (χ1v) is 10.6. The molecule has 2 amide bonds. The summed E-state index contributed by atoms with van der Waals surface area (Å²) in [7, 11) is 0. The molecular formula is C24H23FN4O5. The number of amides is 2. The number of nitrogens with one attached hydrogen (secondary N) is 2. The van der Waals surface area contributed by atoms with Gasteiger partial charge in [0.05, 0.1) is 11.6 Å². The van der Waals surface area contributed by atoms with Gasteiger partial charge in [-0.05, 0) is 51.0 Å². The Balaban J connectivity index is 1.96. The molecular weight excluding hydrogens is 443 g/mol. The maximum Gasteiger partial charge on any atom is 0.301 e. The third-order valence-electron chi connectivity index (χ3n) is 5.71. The van der Waals surface area contributed by atoms with Crippen molar-refractivity contribution in [3.63, 3.8) is 0 Å². The lowest BCUT2D eigenvalue weighted by Crippen LogP contribution is -2.29. The van der Waals surface area contributed by atoms with Gasteiger partial charge in [0.15, 0.2) is 5.82 Å². The highest BCUT2D eigenvalue weighted by Gasteiger charge is 2.48. The quantitative estimate of drug-likeness (QED) is 0.300. The van der Waals surface area contributed by atoms with Gasteiger partial charge >= 0.3 is 5.91 Å². The summed E-state index contributed by atoms with van der Waals surface area (Å²) < 4.78 is 19.2. The minimum absolute atomic E-state index is 0.0541.